The van der Waals surface area contributed by atoms with E-state index in [9.17, 15) is 14.9 Å². The zero-order valence-electron chi connectivity index (χ0n) is 15.2. The van der Waals surface area contributed by atoms with E-state index in [-0.39, 0.29) is 28.5 Å². The van der Waals surface area contributed by atoms with E-state index in [1.165, 1.54) is 43.2 Å². The van der Waals surface area contributed by atoms with Crippen LogP contribution in [-0.2, 0) is 4.79 Å². The lowest BCUT2D eigenvalue weighted by molar-refractivity contribution is -0.384. The molecule has 27 heavy (non-hydrogen) atoms. The highest BCUT2D eigenvalue weighted by Crippen LogP contribution is 2.27. The van der Waals surface area contributed by atoms with Crippen LogP contribution in [0.3, 0.4) is 0 Å². The van der Waals surface area contributed by atoms with Crippen LogP contribution in [0.4, 0.5) is 5.69 Å². The lowest BCUT2D eigenvalue weighted by atomic mass is 9.94. The van der Waals surface area contributed by atoms with Crippen molar-refractivity contribution in [2.45, 2.75) is 50.3 Å². The van der Waals surface area contributed by atoms with Crippen molar-refractivity contribution < 1.29 is 14.1 Å². The molecule has 2 aromatic rings. The number of hydrogen-bond donors (Lipinski definition) is 0. The summed E-state index contributed by atoms with van der Waals surface area (Å²) < 4.78 is 5.56. The third kappa shape index (κ3) is 4.85. The summed E-state index contributed by atoms with van der Waals surface area (Å²) in [6.45, 7) is 2.71. The average molecular weight is 390 g/mol. The fourth-order valence-corrected chi connectivity index (χ4v) is 4.02. The quantitative estimate of drug-likeness (QED) is 0.401. The van der Waals surface area contributed by atoms with Crippen molar-refractivity contribution in [2.24, 2.45) is 0 Å². The lowest BCUT2D eigenvalue weighted by Gasteiger charge is -2.33. The van der Waals surface area contributed by atoms with Crippen molar-refractivity contribution in [3.05, 3.63) is 34.4 Å². The SMILES string of the molecule is CCN(C(=O)CSc1nnc(-c2cccc([N+](=O)[O-])c2)o1)C1CCCCC1. The van der Waals surface area contributed by atoms with E-state index in [1.54, 1.807) is 12.1 Å². The number of benzene rings is 1. The number of aromatic nitrogens is 2. The van der Waals surface area contributed by atoms with Gasteiger partial charge in [0.1, 0.15) is 0 Å². The van der Waals surface area contributed by atoms with Crippen LogP contribution >= 0.6 is 11.8 Å². The van der Waals surface area contributed by atoms with E-state index in [2.05, 4.69) is 10.2 Å². The van der Waals surface area contributed by atoms with Crippen molar-refractivity contribution >= 4 is 23.4 Å². The molecular formula is C18H22N4O4S. The normalized spacial score (nSPS) is 14.9. The van der Waals surface area contributed by atoms with Crippen molar-refractivity contribution in [3.63, 3.8) is 0 Å². The monoisotopic (exact) mass is 390 g/mol. The highest BCUT2D eigenvalue weighted by Gasteiger charge is 2.24. The van der Waals surface area contributed by atoms with Crippen LogP contribution in [0.2, 0.25) is 0 Å². The van der Waals surface area contributed by atoms with E-state index in [1.807, 2.05) is 11.8 Å². The van der Waals surface area contributed by atoms with Crippen LogP contribution in [-0.4, -0.2) is 44.3 Å². The van der Waals surface area contributed by atoms with Gasteiger partial charge in [-0.05, 0) is 25.8 Å². The van der Waals surface area contributed by atoms with E-state index < -0.39 is 4.92 Å². The predicted molar refractivity (Wildman–Crippen MR) is 101 cm³/mol. The van der Waals surface area contributed by atoms with Gasteiger partial charge in [0.25, 0.3) is 10.9 Å². The Morgan fingerprint density at radius 2 is 2.11 bits per heavy atom. The molecule has 0 unspecified atom stereocenters. The van der Waals surface area contributed by atoms with Gasteiger partial charge in [0.05, 0.1) is 10.7 Å². The second-order valence-corrected chi connectivity index (χ2v) is 7.37. The Hall–Kier alpha value is -2.42. The summed E-state index contributed by atoms with van der Waals surface area (Å²) in [6, 6.07) is 6.35. The molecule has 8 nitrogen and oxygen atoms in total. The molecule has 1 aromatic heterocycles. The zero-order valence-corrected chi connectivity index (χ0v) is 16.0. The molecule has 1 aromatic carbocycles. The summed E-state index contributed by atoms with van der Waals surface area (Å²) in [5.74, 6) is 0.513. The Balaban J connectivity index is 1.61. The molecule has 0 bridgehead atoms. The zero-order chi connectivity index (χ0) is 19.2. The summed E-state index contributed by atoms with van der Waals surface area (Å²) in [5.41, 5.74) is 0.438. The van der Waals surface area contributed by atoms with Gasteiger partial charge in [0.2, 0.25) is 11.8 Å². The van der Waals surface area contributed by atoms with E-state index >= 15 is 0 Å². The van der Waals surface area contributed by atoms with Crippen molar-refractivity contribution in [2.75, 3.05) is 12.3 Å². The summed E-state index contributed by atoms with van der Waals surface area (Å²) in [7, 11) is 0. The molecule has 1 aliphatic carbocycles. The van der Waals surface area contributed by atoms with Crippen LogP contribution < -0.4 is 0 Å². The van der Waals surface area contributed by atoms with Crippen LogP contribution in [0.25, 0.3) is 11.5 Å². The average Bonchev–Trinajstić information content (AvgIpc) is 3.17. The maximum Gasteiger partial charge on any atom is 0.277 e. The minimum atomic E-state index is -0.473. The number of hydrogen-bond acceptors (Lipinski definition) is 7. The molecule has 1 fully saturated rings. The first-order chi connectivity index (χ1) is 13.1. The maximum absolute atomic E-state index is 12.6. The Morgan fingerprint density at radius 3 is 2.81 bits per heavy atom. The first kappa shape index (κ1) is 19.3. The molecule has 144 valence electrons. The fraction of sp³-hybridized carbons (Fsp3) is 0.500. The molecule has 1 aliphatic rings. The number of rotatable bonds is 7. The number of carbonyl (C=O) groups is 1. The second-order valence-electron chi connectivity index (χ2n) is 6.44. The molecule has 1 amide bonds. The van der Waals surface area contributed by atoms with Gasteiger partial charge >= 0.3 is 0 Å². The fourth-order valence-electron chi connectivity index (χ4n) is 3.37. The van der Waals surface area contributed by atoms with Gasteiger partial charge in [0.15, 0.2) is 0 Å². The number of nitrogens with zero attached hydrogens (tertiary/aromatic N) is 4. The smallest absolute Gasteiger partial charge is 0.277 e. The minimum absolute atomic E-state index is 0.0406. The van der Waals surface area contributed by atoms with Crippen LogP contribution in [0.5, 0.6) is 0 Å². The van der Waals surface area contributed by atoms with Gasteiger partial charge < -0.3 is 9.32 Å². The number of non-ortho nitro benzene ring substituents is 1. The molecule has 0 spiro atoms. The summed E-state index contributed by atoms with van der Waals surface area (Å²) in [5, 5.41) is 19.0. The summed E-state index contributed by atoms with van der Waals surface area (Å²) in [4.78, 5) is 24.9. The van der Waals surface area contributed by atoms with Crippen molar-refractivity contribution in [1.82, 2.24) is 15.1 Å². The largest absolute Gasteiger partial charge is 0.411 e. The predicted octanol–water partition coefficient (Wildman–Crippen LogP) is 3.92. The number of nitro groups is 1. The molecule has 0 atom stereocenters. The summed E-state index contributed by atoms with van der Waals surface area (Å²) in [6.07, 6.45) is 5.75. The van der Waals surface area contributed by atoms with Gasteiger partial charge in [-0.15, -0.1) is 10.2 Å². The lowest BCUT2D eigenvalue weighted by Crippen LogP contribution is -2.42. The summed E-state index contributed by atoms with van der Waals surface area (Å²) >= 11 is 1.20. The number of amides is 1. The molecule has 0 N–H and O–H groups in total. The van der Waals surface area contributed by atoms with Gasteiger partial charge in [0, 0.05) is 30.3 Å². The van der Waals surface area contributed by atoms with Crippen LogP contribution in [0.1, 0.15) is 39.0 Å². The molecular weight excluding hydrogens is 368 g/mol. The molecule has 1 heterocycles. The molecule has 1 saturated carbocycles. The van der Waals surface area contributed by atoms with Crippen LogP contribution in [0.15, 0.2) is 33.9 Å². The Labute approximate surface area is 161 Å². The number of thioether (sulfide) groups is 1. The first-order valence-electron chi connectivity index (χ1n) is 9.09. The van der Waals surface area contributed by atoms with E-state index in [0.29, 0.717) is 18.2 Å². The maximum atomic E-state index is 12.6. The molecule has 0 saturated heterocycles. The third-order valence-electron chi connectivity index (χ3n) is 4.71. The van der Waals surface area contributed by atoms with Crippen LogP contribution in [0, 0.1) is 10.1 Å². The Morgan fingerprint density at radius 1 is 1.33 bits per heavy atom. The minimum Gasteiger partial charge on any atom is -0.411 e. The highest BCUT2D eigenvalue weighted by molar-refractivity contribution is 7.99. The highest BCUT2D eigenvalue weighted by atomic mass is 32.2. The first-order valence-corrected chi connectivity index (χ1v) is 10.1. The molecule has 9 heteroatoms. The topological polar surface area (TPSA) is 102 Å². The standard InChI is InChI=1S/C18H22N4O4S/c1-2-21(14-8-4-3-5-9-14)16(23)12-27-18-20-19-17(26-18)13-7-6-10-15(11-13)22(24)25/h6-7,10-11,14H,2-5,8-9,12H2,1H3. The van der Waals surface area contributed by atoms with Gasteiger partial charge in [-0.3, -0.25) is 14.9 Å². The molecule has 3 rings (SSSR count). The number of nitro benzene ring substituents is 1. The van der Waals surface area contributed by atoms with Crippen molar-refractivity contribution in [3.8, 4) is 11.5 Å². The van der Waals surface area contributed by atoms with E-state index in [0.717, 1.165) is 12.8 Å². The van der Waals surface area contributed by atoms with Gasteiger partial charge in [-0.2, -0.15) is 0 Å². The second kappa shape index (κ2) is 8.98. The number of carbonyl (C=O) groups excluding carboxylic acids is 1. The molecule has 0 radical (unpaired) electrons. The van der Waals surface area contributed by atoms with Gasteiger partial charge in [-0.1, -0.05) is 37.1 Å². The van der Waals surface area contributed by atoms with Crippen molar-refractivity contribution in [1.29, 1.82) is 0 Å². The molecule has 0 aliphatic heterocycles. The Kier molecular flexibility index (Phi) is 6.44. The Bertz CT molecular complexity index is 804. The van der Waals surface area contributed by atoms with E-state index in [4.69, 9.17) is 4.42 Å². The third-order valence-corrected chi connectivity index (χ3v) is 5.51. The van der Waals surface area contributed by atoms with Gasteiger partial charge in [-0.25, -0.2) is 0 Å².